The second-order valence-electron chi connectivity index (χ2n) is 6.27. The molecule has 0 bridgehead atoms. The largest absolute Gasteiger partial charge is 0.378 e. The Bertz CT molecular complexity index is 494. The van der Waals surface area contributed by atoms with Gasteiger partial charge < -0.3 is 14.8 Å². The second-order valence-corrected chi connectivity index (χ2v) is 6.27. The van der Waals surface area contributed by atoms with Gasteiger partial charge in [-0.2, -0.15) is 0 Å². The molecule has 0 amide bonds. The summed E-state index contributed by atoms with van der Waals surface area (Å²) < 4.78 is 11.4. The van der Waals surface area contributed by atoms with Gasteiger partial charge in [0.15, 0.2) is 0 Å². The van der Waals surface area contributed by atoms with E-state index in [0.717, 1.165) is 51.9 Å². The van der Waals surface area contributed by atoms with Gasteiger partial charge >= 0.3 is 0 Å². The maximum atomic E-state index is 5.71. The Morgan fingerprint density at radius 1 is 1.19 bits per heavy atom. The lowest BCUT2D eigenvalue weighted by molar-refractivity contribution is -0.135. The molecule has 1 N–H and O–H groups in total. The zero-order valence-electron chi connectivity index (χ0n) is 12.3. The second kappa shape index (κ2) is 5.51. The van der Waals surface area contributed by atoms with Crippen molar-refractivity contribution in [2.75, 3.05) is 51.4 Å². The van der Waals surface area contributed by atoms with E-state index in [2.05, 4.69) is 26.3 Å². The minimum atomic E-state index is -0.0544. The van der Waals surface area contributed by atoms with Crippen LogP contribution in [0.15, 0.2) is 12.4 Å². The Kier molecular flexibility index (Phi) is 3.52. The molecule has 1 aliphatic carbocycles. The predicted molar refractivity (Wildman–Crippen MR) is 78.4 cm³/mol. The van der Waals surface area contributed by atoms with E-state index in [0.29, 0.717) is 5.92 Å². The van der Waals surface area contributed by atoms with Gasteiger partial charge in [0.25, 0.3) is 0 Å². The molecule has 0 radical (unpaired) electrons. The number of morpholine rings is 2. The van der Waals surface area contributed by atoms with Gasteiger partial charge in [-0.25, -0.2) is 9.97 Å². The highest BCUT2D eigenvalue weighted by Crippen LogP contribution is 2.39. The summed E-state index contributed by atoms with van der Waals surface area (Å²) >= 11 is 0. The topological polar surface area (TPSA) is 59.5 Å². The molecular weight excluding hydrogens is 268 g/mol. The fraction of sp³-hybridized carbons (Fsp3) is 0.733. The molecule has 1 saturated carbocycles. The number of ether oxygens (including phenoxy) is 2. The Morgan fingerprint density at radius 2 is 1.95 bits per heavy atom. The molecule has 114 valence electrons. The number of aromatic nitrogens is 2. The van der Waals surface area contributed by atoms with Gasteiger partial charge in [0.2, 0.25) is 0 Å². The maximum Gasteiger partial charge on any atom is 0.129 e. The SMILES string of the molecule is c1nc(NCC23COCCN2CCOC3)cc(C2CC2)n1. The molecular formula is C15H22N4O2. The van der Waals surface area contributed by atoms with Crippen LogP contribution < -0.4 is 5.32 Å². The summed E-state index contributed by atoms with van der Waals surface area (Å²) in [6.45, 7) is 5.86. The molecule has 0 aromatic carbocycles. The molecule has 2 aliphatic heterocycles. The minimum Gasteiger partial charge on any atom is -0.378 e. The van der Waals surface area contributed by atoms with Crippen molar-refractivity contribution in [1.29, 1.82) is 0 Å². The van der Waals surface area contributed by atoms with Crippen molar-refractivity contribution >= 4 is 5.82 Å². The first kappa shape index (κ1) is 13.4. The van der Waals surface area contributed by atoms with E-state index in [1.165, 1.54) is 18.5 Å². The Morgan fingerprint density at radius 3 is 2.67 bits per heavy atom. The summed E-state index contributed by atoms with van der Waals surface area (Å²) in [7, 11) is 0. The number of nitrogens with zero attached hydrogens (tertiary/aromatic N) is 3. The molecule has 6 heteroatoms. The zero-order chi connectivity index (χ0) is 14.1. The predicted octanol–water partition coefficient (Wildman–Crippen LogP) is 0.867. The van der Waals surface area contributed by atoms with Crippen LogP contribution in [0.1, 0.15) is 24.5 Å². The van der Waals surface area contributed by atoms with Crippen LogP contribution in [0.3, 0.4) is 0 Å². The number of fused-ring (bicyclic) bond motifs is 1. The molecule has 3 aliphatic rings. The van der Waals surface area contributed by atoms with Crippen LogP contribution in [0.25, 0.3) is 0 Å². The van der Waals surface area contributed by atoms with Crippen LogP contribution >= 0.6 is 0 Å². The third-order valence-corrected chi connectivity index (χ3v) is 4.71. The molecule has 0 atom stereocenters. The van der Waals surface area contributed by atoms with Crippen molar-refractivity contribution < 1.29 is 9.47 Å². The van der Waals surface area contributed by atoms with Crippen molar-refractivity contribution in [1.82, 2.24) is 14.9 Å². The molecule has 21 heavy (non-hydrogen) atoms. The van der Waals surface area contributed by atoms with Crippen LogP contribution in [0.5, 0.6) is 0 Å². The van der Waals surface area contributed by atoms with E-state index < -0.39 is 0 Å². The first-order valence-electron chi connectivity index (χ1n) is 7.82. The number of hydrogen-bond acceptors (Lipinski definition) is 6. The zero-order valence-corrected chi connectivity index (χ0v) is 12.3. The third kappa shape index (κ3) is 2.75. The van der Waals surface area contributed by atoms with Gasteiger partial charge in [-0.3, -0.25) is 4.90 Å². The molecule has 3 heterocycles. The van der Waals surface area contributed by atoms with E-state index in [-0.39, 0.29) is 5.54 Å². The van der Waals surface area contributed by atoms with Crippen molar-refractivity contribution in [3.05, 3.63) is 18.1 Å². The minimum absolute atomic E-state index is 0.0544. The highest BCUT2D eigenvalue weighted by Gasteiger charge is 2.42. The third-order valence-electron chi connectivity index (χ3n) is 4.71. The molecule has 2 saturated heterocycles. The molecule has 4 rings (SSSR count). The fourth-order valence-corrected chi connectivity index (χ4v) is 3.22. The number of nitrogens with one attached hydrogen (secondary N) is 1. The molecule has 1 aromatic heterocycles. The van der Waals surface area contributed by atoms with Gasteiger partial charge in [-0.05, 0) is 12.8 Å². The van der Waals surface area contributed by atoms with Crippen LogP contribution in [0.4, 0.5) is 5.82 Å². The van der Waals surface area contributed by atoms with Crippen LogP contribution in [-0.4, -0.2) is 66.5 Å². The summed E-state index contributed by atoms with van der Waals surface area (Å²) in [5.74, 6) is 1.57. The van der Waals surface area contributed by atoms with E-state index in [9.17, 15) is 0 Å². The van der Waals surface area contributed by atoms with Gasteiger partial charge in [-0.1, -0.05) is 0 Å². The Hall–Kier alpha value is -1.24. The standard InChI is InChI=1S/C15H22N4O2/c1-2-12(1)13-7-14(18-11-17-13)16-8-15-9-20-5-3-19(15)4-6-21-10-15/h7,11-12H,1-6,8-10H2,(H,16,17,18). The Labute approximate surface area is 124 Å². The van der Waals surface area contributed by atoms with E-state index in [4.69, 9.17) is 9.47 Å². The normalized spacial score (nSPS) is 25.3. The highest BCUT2D eigenvalue weighted by atomic mass is 16.5. The van der Waals surface area contributed by atoms with Crippen LogP contribution in [0.2, 0.25) is 0 Å². The average molecular weight is 290 g/mol. The van der Waals surface area contributed by atoms with Gasteiger partial charge in [0, 0.05) is 37.3 Å². The van der Waals surface area contributed by atoms with Gasteiger partial charge in [0.05, 0.1) is 32.0 Å². The highest BCUT2D eigenvalue weighted by molar-refractivity contribution is 5.37. The smallest absolute Gasteiger partial charge is 0.129 e. The number of rotatable bonds is 4. The average Bonchev–Trinajstić information content (AvgIpc) is 3.38. The van der Waals surface area contributed by atoms with Crippen LogP contribution in [0, 0.1) is 0 Å². The summed E-state index contributed by atoms with van der Waals surface area (Å²) in [6.07, 6.45) is 4.19. The van der Waals surface area contributed by atoms with E-state index >= 15 is 0 Å². The first-order chi connectivity index (χ1) is 10.4. The van der Waals surface area contributed by atoms with Gasteiger partial charge in [0.1, 0.15) is 12.1 Å². The molecule has 6 nitrogen and oxygen atoms in total. The van der Waals surface area contributed by atoms with E-state index in [1.807, 2.05) is 0 Å². The summed E-state index contributed by atoms with van der Waals surface area (Å²) in [6, 6.07) is 2.09. The van der Waals surface area contributed by atoms with Crippen molar-refractivity contribution in [3.8, 4) is 0 Å². The lowest BCUT2D eigenvalue weighted by Gasteiger charge is -2.49. The quantitative estimate of drug-likeness (QED) is 0.888. The summed E-state index contributed by atoms with van der Waals surface area (Å²) in [4.78, 5) is 11.2. The fourth-order valence-electron chi connectivity index (χ4n) is 3.22. The van der Waals surface area contributed by atoms with Crippen molar-refractivity contribution in [2.45, 2.75) is 24.3 Å². The molecule has 0 unspecified atom stereocenters. The summed E-state index contributed by atoms with van der Waals surface area (Å²) in [5.41, 5.74) is 1.11. The first-order valence-corrected chi connectivity index (χ1v) is 7.82. The monoisotopic (exact) mass is 290 g/mol. The van der Waals surface area contributed by atoms with Crippen molar-refractivity contribution in [3.63, 3.8) is 0 Å². The van der Waals surface area contributed by atoms with E-state index in [1.54, 1.807) is 6.33 Å². The lowest BCUT2D eigenvalue weighted by atomic mass is 9.96. The lowest BCUT2D eigenvalue weighted by Crippen LogP contribution is -2.66. The van der Waals surface area contributed by atoms with Gasteiger partial charge in [-0.15, -0.1) is 0 Å². The van der Waals surface area contributed by atoms with Crippen molar-refractivity contribution in [2.24, 2.45) is 0 Å². The number of anilines is 1. The molecule has 0 spiro atoms. The number of hydrogen-bond donors (Lipinski definition) is 1. The molecule has 3 fully saturated rings. The summed E-state index contributed by atoms with van der Waals surface area (Å²) in [5, 5.41) is 3.47. The van der Waals surface area contributed by atoms with Crippen LogP contribution in [-0.2, 0) is 9.47 Å². The Balaban J connectivity index is 1.45. The maximum absolute atomic E-state index is 5.71. The molecule has 1 aromatic rings.